The second-order valence-corrected chi connectivity index (χ2v) is 4.84. The molecule has 2 N–H and O–H groups in total. The second kappa shape index (κ2) is 9.26. The van der Waals surface area contributed by atoms with Gasteiger partial charge in [-0.05, 0) is 37.6 Å². The monoisotopic (exact) mass is 315 g/mol. The highest BCUT2D eigenvalue weighted by atomic mass is 16.3. The molecule has 0 atom stereocenters. The van der Waals surface area contributed by atoms with Crippen molar-refractivity contribution in [3.05, 3.63) is 35.4 Å². The number of nitrogens with one attached hydrogen (secondary N) is 1. The molecule has 0 saturated heterocycles. The highest BCUT2D eigenvalue weighted by molar-refractivity contribution is 6.01. The fourth-order valence-corrected chi connectivity index (χ4v) is 2.04. The summed E-state index contributed by atoms with van der Waals surface area (Å²) in [6.45, 7) is 5.22. The topological polar surface area (TPSA) is 93.4 Å². The fraction of sp³-hybridized carbons (Fsp3) is 0.353. The number of rotatable bonds is 7. The van der Waals surface area contributed by atoms with Crippen LogP contribution < -0.4 is 5.32 Å². The standard InChI is InChI=1S/C17H21N3O3/c1-3-20(4-2)16(22)8-9-19-17(23)14(12-18)10-13-6-5-7-15(21)11-13/h5-7,10-11,21H,3-4,8-9H2,1-2H3,(H,19,23)/b14-10+. The van der Waals surface area contributed by atoms with Gasteiger partial charge in [-0.15, -0.1) is 0 Å². The van der Waals surface area contributed by atoms with Gasteiger partial charge in [0.2, 0.25) is 5.91 Å². The van der Waals surface area contributed by atoms with Crippen molar-refractivity contribution in [2.24, 2.45) is 0 Å². The summed E-state index contributed by atoms with van der Waals surface area (Å²) in [6.07, 6.45) is 1.58. The first-order chi connectivity index (χ1) is 11.0. The lowest BCUT2D eigenvalue weighted by atomic mass is 10.1. The third-order valence-corrected chi connectivity index (χ3v) is 3.29. The van der Waals surface area contributed by atoms with Crippen molar-refractivity contribution in [1.82, 2.24) is 10.2 Å². The van der Waals surface area contributed by atoms with Gasteiger partial charge in [-0.2, -0.15) is 5.26 Å². The van der Waals surface area contributed by atoms with Crippen LogP contribution in [0.5, 0.6) is 5.75 Å². The lowest BCUT2D eigenvalue weighted by Crippen LogP contribution is -2.34. The maximum absolute atomic E-state index is 12.0. The minimum absolute atomic E-state index is 0.0363. The molecule has 1 aromatic rings. The molecule has 0 bridgehead atoms. The summed E-state index contributed by atoms with van der Waals surface area (Å²) >= 11 is 0. The van der Waals surface area contributed by atoms with Crippen molar-refractivity contribution in [3.63, 3.8) is 0 Å². The number of hydrogen-bond donors (Lipinski definition) is 2. The number of benzene rings is 1. The molecule has 1 rings (SSSR count). The summed E-state index contributed by atoms with van der Waals surface area (Å²) in [5.41, 5.74) is 0.474. The number of amides is 2. The molecule has 0 heterocycles. The molecule has 0 aliphatic carbocycles. The normalized spacial score (nSPS) is 10.7. The zero-order valence-corrected chi connectivity index (χ0v) is 13.4. The van der Waals surface area contributed by atoms with Crippen molar-refractivity contribution in [2.45, 2.75) is 20.3 Å². The van der Waals surface area contributed by atoms with Gasteiger partial charge in [0.25, 0.3) is 5.91 Å². The van der Waals surface area contributed by atoms with Crippen molar-refractivity contribution >= 4 is 17.9 Å². The summed E-state index contributed by atoms with van der Waals surface area (Å²) in [7, 11) is 0. The number of phenols is 1. The van der Waals surface area contributed by atoms with E-state index in [1.807, 2.05) is 19.9 Å². The molecule has 0 aromatic heterocycles. The zero-order chi connectivity index (χ0) is 17.2. The van der Waals surface area contributed by atoms with Crippen molar-refractivity contribution in [2.75, 3.05) is 19.6 Å². The Labute approximate surface area is 136 Å². The van der Waals surface area contributed by atoms with Gasteiger partial charge in [-0.1, -0.05) is 12.1 Å². The highest BCUT2D eigenvalue weighted by Crippen LogP contribution is 2.14. The predicted octanol–water partition coefficient (Wildman–Crippen LogP) is 1.67. The number of carbonyl (C=O) groups is 2. The molecule has 6 nitrogen and oxygen atoms in total. The van der Waals surface area contributed by atoms with Gasteiger partial charge in [-0.3, -0.25) is 9.59 Å². The van der Waals surface area contributed by atoms with E-state index in [1.165, 1.54) is 18.2 Å². The zero-order valence-electron chi connectivity index (χ0n) is 13.4. The van der Waals surface area contributed by atoms with Crippen molar-refractivity contribution in [3.8, 4) is 11.8 Å². The van der Waals surface area contributed by atoms with Crippen LogP contribution in [0.25, 0.3) is 6.08 Å². The van der Waals surface area contributed by atoms with Crippen LogP contribution in [0.4, 0.5) is 0 Å². The number of carbonyl (C=O) groups excluding carboxylic acids is 2. The summed E-state index contributed by atoms with van der Waals surface area (Å²) < 4.78 is 0. The quantitative estimate of drug-likeness (QED) is 0.591. The predicted molar refractivity (Wildman–Crippen MR) is 87.3 cm³/mol. The van der Waals surface area contributed by atoms with E-state index >= 15 is 0 Å². The van der Waals surface area contributed by atoms with E-state index < -0.39 is 5.91 Å². The molecule has 0 spiro atoms. The third-order valence-electron chi connectivity index (χ3n) is 3.29. The maximum Gasteiger partial charge on any atom is 0.261 e. The molecule has 122 valence electrons. The van der Waals surface area contributed by atoms with E-state index in [2.05, 4.69) is 5.32 Å². The number of hydrogen-bond acceptors (Lipinski definition) is 4. The fourth-order valence-electron chi connectivity index (χ4n) is 2.04. The summed E-state index contributed by atoms with van der Waals surface area (Å²) in [6, 6.07) is 8.08. The van der Waals surface area contributed by atoms with E-state index in [9.17, 15) is 14.7 Å². The van der Waals surface area contributed by atoms with Gasteiger partial charge in [0, 0.05) is 26.1 Å². The van der Waals surface area contributed by atoms with Crippen LogP contribution in [0, 0.1) is 11.3 Å². The first-order valence-electron chi connectivity index (χ1n) is 7.48. The molecular formula is C17H21N3O3. The van der Waals surface area contributed by atoms with Gasteiger partial charge in [0.15, 0.2) is 0 Å². The highest BCUT2D eigenvalue weighted by Gasteiger charge is 2.12. The number of nitrogens with zero attached hydrogens (tertiary/aromatic N) is 2. The Bertz CT molecular complexity index is 628. The Morgan fingerprint density at radius 3 is 2.61 bits per heavy atom. The average Bonchev–Trinajstić information content (AvgIpc) is 2.53. The van der Waals surface area contributed by atoms with E-state index in [0.29, 0.717) is 18.7 Å². The van der Waals surface area contributed by atoms with E-state index in [4.69, 9.17) is 5.26 Å². The van der Waals surface area contributed by atoms with Gasteiger partial charge in [0.1, 0.15) is 17.4 Å². The largest absolute Gasteiger partial charge is 0.508 e. The Balaban J connectivity index is 2.62. The van der Waals surface area contributed by atoms with Crippen LogP contribution in [0.2, 0.25) is 0 Å². The summed E-state index contributed by atoms with van der Waals surface area (Å²) in [5, 5.41) is 21.0. The average molecular weight is 315 g/mol. The molecular weight excluding hydrogens is 294 g/mol. The number of phenolic OH excluding ortho intramolecular Hbond substituents is 1. The lowest BCUT2D eigenvalue weighted by molar-refractivity contribution is -0.130. The minimum atomic E-state index is -0.539. The Hall–Kier alpha value is -2.81. The van der Waals surface area contributed by atoms with Crippen LogP contribution in [-0.4, -0.2) is 41.5 Å². The van der Waals surface area contributed by atoms with E-state index in [1.54, 1.807) is 17.0 Å². The molecule has 0 radical (unpaired) electrons. The van der Waals surface area contributed by atoms with Crippen molar-refractivity contribution in [1.29, 1.82) is 5.26 Å². The van der Waals surface area contributed by atoms with E-state index in [0.717, 1.165) is 0 Å². The number of aromatic hydroxyl groups is 1. The van der Waals surface area contributed by atoms with Gasteiger partial charge >= 0.3 is 0 Å². The Morgan fingerprint density at radius 2 is 2.04 bits per heavy atom. The molecule has 0 aliphatic heterocycles. The molecule has 0 aliphatic rings. The third kappa shape index (κ3) is 5.83. The van der Waals surface area contributed by atoms with Crippen LogP contribution in [0.3, 0.4) is 0 Å². The van der Waals surface area contributed by atoms with Crippen LogP contribution in [0.15, 0.2) is 29.8 Å². The second-order valence-electron chi connectivity index (χ2n) is 4.84. The lowest BCUT2D eigenvalue weighted by Gasteiger charge is -2.18. The van der Waals surface area contributed by atoms with Crippen LogP contribution in [-0.2, 0) is 9.59 Å². The summed E-state index contributed by atoms with van der Waals surface area (Å²) in [4.78, 5) is 25.5. The van der Waals surface area contributed by atoms with Gasteiger partial charge < -0.3 is 15.3 Å². The molecule has 0 saturated carbocycles. The molecule has 6 heteroatoms. The first kappa shape index (κ1) is 18.2. The molecule has 23 heavy (non-hydrogen) atoms. The molecule has 1 aromatic carbocycles. The molecule has 2 amide bonds. The van der Waals surface area contributed by atoms with E-state index in [-0.39, 0.29) is 30.2 Å². The maximum atomic E-state index is 12.0. The SMILES string of the molecule is CCN(CC)C(=O)CCNC(=O)/C(C#N)=C/c1cccc(O)c1. The number of nitriles is 1. The van der Waals surface area contributed by atoms with Crippen LogP contribution in [0.1, 0.15) is 25.8 Å². The van der Waals surface area contributed by atoms with Crippen LogP contribution >= 0.6 is 0 Å². The molecule has 0 fully saturated rings. The summed E-state index contributed by atoms with van der Waals surface area (Å²) in [5.74, 6) is -0.518. The van der Waals surface area contributed by atoms with Crippen molar-refractivity contribution < 1.29 is 14.7 Å². The Morgan fingerprint density at radius 1 is 1.35 bits per heavy atom. The minimum Gasteiger partial charge on any atom is -0.508 e. The van der Waals surface area contributed by atoms with Gasteiger partial charge in [0.05, 0.1) is 0 Å². The van der Waals surface area contributed by atoms with Gasteiger partial charge in [-0.25, -0.2) is 0 Å². The molecule has 0 unspecified atom stereocenters. The first-order valence-corrected chi connectivity index (χ1v) is 7.48. The Kier molecular flexibility index (Phi) is 7.34. The smallest absolute Gasteiger partial charge is 0.261 e.